The summed E-state index contributed by atoms with van der Waals surface area (Å²) in [6.45, 7) is 0. The van der Waals surface area contributed by atoms with Gasteiger partial charge in [0, 0.05) is 33.7 Å². The van der Waals surface area contributed by atoms with Crippen LogP contribution in [0.25, 0.3) is 28.1 Å². The van der Waals surface area contributed by atoms with Gasteiger partial charge in [0.05, 0.1) is 21.7 Å². The molecular weight excluding hydrogens is 424 g/mol. The average molecular weight is 441 g/mol. The number of carbonyl (C=O) groups excluding carboxylic acids is 1. The lowest BCUT2D eigenvalue weighted by atomic mass is 9.83. The number of pyridine rings is 1. The Labute approximate surface area is 189 Å². The molecule has 4 aromatic rings. The number of benzene rings is 3. The highest BCUT2D eigenvalue weighted by Crippen LogP contribution is 2.39. The van der Waals surface area contributed by atoms with Gasteiger partial charge in [0.2, 0.25) is 0 Å². The minimum atomic E-state index is -0.438. The lowest BCUT2D eigenvalue weighted by molar-refractivity contribution is -0.384. The van der Waals surface area contributed by atoms with Crippen LogP contribution in [0.1, 0.15) is 28.0 Å². The first kappa shape index (κ1) is 20.1. The van der Waals surface area contributed by atoms with Gasteiger partial charge in [-0.25, -0.2) is 0 Å². The molecule has 0 atom stereocenters. The fourth-order valence-corrected chi connectivity index (χ4v) is 4.35. The highest BCUT2D eigenvalue weighted by Gasteiger charge is 2.28. The number of Topliss-reactive ketones (excluding diaryl/α,β-unsaturated/α-hetero) is 1. The van der Waals surface area contributed by atoms with Gasteiger partial charge in [-0.05, 0) is 60.4 Å². The molecule has 1 aliphatic rings. The van der Waals surface area contributed by atoms with Crippen LogP contribution < -0.4 is 0 Å². The molecule has 0 spiro atoms. The Bertz CT molecular complexity index is 1410. The monoisotopic (exact) mass is 440 g/mol. The van der Waals surface area contributed by atoms with Crippen molar-refractivity contribution in [2.45, 2.75) is 12.8 Å². The Morgan fingerprint density at radius 3 is 2.41 bits per heavy atom. The number of nitro benzene ring substituents is 1. The van der Waals surface area contributed by atoms with Crippen molar-refractivity contribution in [1.82, 2.24) is 4.98 Å². The number of nitro groups is 1. The number of rotatable bonds is 3. The SMILES string of the molecule is O=C1/C(=C\c2ccc([N+](=O)[O-])cc2)CCc2nc3ccc(Cl)cc3c(-c3ccccc3)c21. The van der Waals surface area contributed by atoms with Gasteiger partial charge in [-0.2, -0.15) is 0 Å². The Hall–Kier alpha value is -3.83. The van der Waals surface area contributed by atoms with E-state index in [-0.39, 0.29) is 11.5 Å². The number of carbonyl (C=O) groups is 1. The zero-order valence-corrected chi connectivity index (χ0v) is 17.7. The summed E-state index contributed by atoms with van der Waals surface area (Å²) in [5.74, 6) is -0.0715. The van der Waals surface area contributed by atoms with Crippen LogP contribution in [0.4, 0.5) is 5.69 Å². The molecule has 0 saturated heterocycles. The third kappa shape index (κ3) is 3.57. The molecule has 156 valence electrons. The third-order valence-corrected chi connectivity index (χ3v) is 5.91. The second-order valence-electron chi connectivity index (χ2n) is 7.68. The number of aryl methyl sites for hydroxylation is 1. The fourth-order valence-electron chi connectivity index (χ4n) is 4.17. The van der Waals surface area contributed by atoms with E-state index in [1.165, 1.54) is 12.1 Å². The smallest absolute Gasteiger partial charge is 0.269 e. The predicted octanol–water partition coefficient (Wildman–Crippen LogP) is 6.68. The number of allylic oxidation sites excluding steroid dienone is 1. The zero-order chi connectivity index (χ0) is 22.2. The molecule has 32 heavy (non-hydrogen) atoms. The third-order valence-electron chi connectivity index (χ3n) is 5.68. The number of hydrogen-bond donors (Lipinski definition) is 0. The Morgan fingerprint density at radius 2 is 1.69 bits per heavy atom. The number of ketones is 1. The molecule has 5 nitrogen and oxygen atoms in total. The van der Waals surface area contributed by atoms with E-state index in [1.807, 2.05) is 54.6 Å². The van der Waals surface area contributed by atoms with E-state index >= 15 is 0 Å². The highest BCUT2D eigenvalue weighted by molar-refractivity contribution is 6.31. The summed E-state index contributed by atoms with van der Waals surface area (Å²) in [7, 11) is 0. The summed E-state index contributed by atoms with van der Waals surface area (Å²) in [4.78, 5) is 28.9. The molecule has 6 heteroatoms. The number of fused-ring (bicyclic) bond motifs is 2. The highest BCUT2D eigenvalue weighted by atomic mass is 35.5. The molecule has 0 unspecified atom stereocenters. The van der Waals surface area contributed by atoms with Gasteiger partial charge in [-0.1, -0.05) is 41.9 Å². The molecule has 1 aromatic heterocycles. The van der Waals surface area contributed by atoms with Crippen LogP contribution in [0.15, 0.2) is 78.4 Å². The minimum absolute atomic E-state index is 0.0198. The van der Waals surface area contributed by atoms with Gasteiger partial charge in [-0.3, -0.25) is 19.9 Å². The number of aromatic nitrogens is 1. The van der Waals surface area contributed by atoms with Crippen molar-refractivity contribution >= 4 is 40.1 Å². The summed E-state index contributed by atoms with van der Waals surface area (Å²) >= 11 is 6.30. The van der Waals surface area contributed by atoms with Crippen molar-refractivity contribution in [2.24, 2.45) is 0 Å². The normalized spacial score (nSPS) is 14.5. The lowest BCUT2D eigenvalue weighted by Gasteiger charge is -2.22. The Balaban J connectivity index is 1.68. The second-order valence-corrected chi connectivity index (χ2v) is 8.12. The van der Waals surface area contributed by atoms with Crippen LogP contribution in [0, 0.1) is 10.1 Å². The molecule has 0 amide bonds. The molecule has 0 aliphatic heterocycles. The molecule has 1 aliphatic carbocycles. The van der Waals surface area contributed by atoms with Crippen molar-refractivity contribution in [3.63, 3.8) is 0 Å². The van der Waals surface area contributed by atoms with Crippen LogP contribution in [-0.2, 0) is 6.42 Å². The largest absolute Gasteiger partial charge is 0.289 e. The van der Waals surface area contributed by atoms with E-state index in [0.717, 1.165) is 33.3 Å². The van der Waals surface area contributed by atoms with Crippen LogP contribution in [0.2, 0.25) is 5.02 Å². The second kappa shape index (κ2) is 8.02. The minimum Gasteiger partial charge on any atom is -0.289 e. The van der Waals surface area contributed by atoms with E-state index in [0.29, 0.717) is 29.0 Å². The number of nitrogens with zero attached hydrogens (tertiary/aromatic N) is 2. The maximum absolute atomic E-state index is 13.7. The van der Waals surface area contributed by atoms with Gasteiger partial charge in [0.25, 0.3) is 5.69 Å². The summed E-state index contributed by atoms with van der Waals surface area (Å²) in [5, 5.41) is 12.3. The van der Waals surface area contributed by atoms with Crippen LogP contribution in [0.5, 0.6) is 0 Å². The number of hydrogen-bond acceptors (Lipinski definition) is 4. The Kier molecular flexibility index (Phi) is 5.04. The van der Waals surface area contributed by atoms with Crippen molar-refractivity contribution in [3.8, 4) is 11.1 Å². The number of halogens is 1. The predicted molar refractivity (Wildman–Crippen MR) is 126 cm³/mol. The first-order chi connectivity index (χ1) is 15.5. The van der Waals surface area contributed by atoms with Gasteiger partial charge in [0.1, 0.15) is 0 Å². The molecule has 5 rings (SSSR count). The first-order valence-corrected chi connectivity index (χ1v) is 10.6. The van der Waals surface area contributed by atoms with E-state index in [9.17, 15) is 14.9 Å². The van der Waals surface area contributed by atoms with E-state index in [4.69, 9.17) is 16.6 Å². The van der Waals surface area contributed by atoms with E-state index in [2.05, 4.69) is 0 Å². The van der Waals surface area contributed by atoms with Gasteiger partial charge in [-0.15, -0.1) is 0 Å². The number of non-ortho nitro benzene ring substituents is 1. The van der Waals surface area contributed by atoms with Crippen molar-refractivity contribution < 1.29 is 9.72 Å². The molecular formula is C26H17ClN2O3. The summed E-state index contributed by atoms with van der Waals surface area (Å²) < 4.78 is 0. The standard InChI is InChI=1S/C26H17ClN2O3/c27-19-9-13-22-21(15-19)24(17-4-2-1-3-5-17)25-23(28-22)12-8-18(26(25)30)14-16-6-10-20(11-7-16)29(31)32/h1-7,9-11,13-15H,8,12H2/b18-14-. The molecule has 0 saturated carbocycles. The van der Waals surface area contributed by atoms with Crippen LogP contribution in [0.3, 0.4) is 0 Å². The average Bonchev–Trinajstić information content (AvgIpc) is 2.80. The molecule has 0 fully saturated rings. The lowest BCUT2D eigenvalue weighted by Crippen LogP contribution is -2.17. The molecule has 0 radical (unpaired) electrons. The van der Waals surface area contributed by atoms with Crippen molar-refractivity contribution in [1.29, 1.82) is 0 Å². The summed E-state index contributed by atoms with van der Waals surface area (Å²) in [6, 6.07) is 21.5. The van der Waals surface area contributed by atoms with E-state index < -0.39 is 4.92 Å². The summed E-state index contributed by atoms with van der Waals surface area (Å²) in [5.41, 5.74) is 5.40. The van der Waals surface area contributed by atoms with Crippen LogP contribution in [-0.4, -0.2) is 15.7 Å². The van der Waals surface area contributed by atoms with E-state index in [1.54, 1.807) is 12.1 Å². The molecule has 3 aromatic carbocycles. The van der Waals surface area contributed by atoms with Gasteiger partial charge < -0.3 is 0 Å². The Morgan fingerprint density at radius 1 is 0.938 bits per heavy atom. The molecule has 0 bridgehead atoms. The fraction of sp³-hybridized carbons (Fsp3) is 0.0769. The molecule has 0 N–H and O–H groups in total. The topological polar surface area (TPSA) is 73.1 Å². The molecule has 1 heterocycles. The maximum atomic E-state index is 13.7. The van der Waals surface area contributed by atoms with Gasteiger partial charge in [0.15, 0.2) is 5.78 Å². The zero-order valence-electron chi connectivity index (χ0n) is 16.9. The quantitative estimate of drug-likeness (QED) is 0.202. The van der Waals surface area contributed by atoms with Crippen molar-refractivity contribution in [3.05, 3.63) is 110 Å². The summed E-state index contributed by atoms with van der Waals surface area (Å²) in [6.07, 6.45) is 3.01. The van der Waals surface area contributed by atoms with Crippen LogP contribution >= 0.6 is 11.6 Å². The van der Waals surface area contributed by atoms with Crippen molar-refractivity contribution in [2.75, 3.05) is 0 Å². The first-order valence-electron chi connectivity index (χ1n) is 10.2. The van der Waals surface area contributed by atoms with Gasteiger partial charge >= 0.3 is 0 Å². The maximum Gasteiger partial charge on any atom is 0.269 e.